The summed E-state index contributed by atoms with van der Waals surface area (Å²) in [4.78, 5) is 28.9. The number of rotatable bonds is 18. The molecule has 0 amide bonds. The monoisotopic (exact) mass is 1300 g/mol. The third-order valence-corrected chi connectivity index (χ3v) is 22.1. The van der Waals surface area contributed by atoms with E-state index in [1.54, 1.807) is 0 Å². The number of carbonyl (C=O) groups excluding carboxylic acids is 2. The van der Waals surface area contributed by atoms with E-state index in [-0.39, 0.29) is 59.6 Å². The van der Waals surface area contributed by atoms with Crippen molar-refractivity contribution < 1.29 is 170 Å². The predicted molar refractivity (Wildman–Crippen MR) is 291 cm³/mol. The molecule has 6 aliphatic heterocycles. The second kappa shape index (κ2) is 26.9. The van der Waals surface area contributed by atoms with Gasteiger partial charge >= 0.3 is 35.5 Å². The molecule has 10 rings (SSSR count). The van der Waals surface area contributed by atoms with E-state index in [1.165, 1.54) is 6.92 Å². The van der Waals surface area contributed by atoms with Crippen LogP contribution in [0.4, 0.5) is 0 Å². The van der Waals surface area contributed by atoms with Crippen LogP contribution in [-0.2, 0) is 76.3 Å². The van der Waals surface area contributed by atoms with Gasteiger partial charge in [0.15, 0.2) is 31.5 Å². The fourth-order valence-corrected chi connectivity index (χ4v) is 17.4. The first-order valence-corrected chi connectivity index (χ1v) is 31.8. The molecule has 0 aromatic carbocycles. The molecule has 10 aliphatic rings. The standard InChI is InChI=1S/C58H90O29S.Na/c1-23(2)10-9-15-57(8)47-27(61)18-56(7)26-11-12-32-54(4,5)33(14-16-55(32,6)25(26)13-17-58(47,56)53(72)86-57)81-51-45(37(66)31(22-77-51)87-88(73,74)75)85-52-46(84-48-39(68)34(63)28(62)21-76-48)41(70)43(24(3)78-52)82-50-42(71)44(36(65)30(20-60)80-50)83-49-40(69)38(67)35(64)29(19-59)79-49;/h11,24-25,28-52,59-60,62-71H,1,9-10,12-22H2,2-8H3,(H,73,74,75);/q;+1/p-1/t24-,25+,28-,29-,30-,31-,32+,33+,34+,35-,36-,37+,38+,39-,40-,41+,42-,43-,44+,45-,46-,47-,48+,49+,50+,51+,52+,55-,56+,57+,58-;/m1./s1. The van der Waals surface area contributed by atoms with Crippen LogP contribution in [0.1, 0.15) is 106 Å². The van der Waals surface area contributed by atoms with E-state index in [0.29, 0.717) is 38.5 Å². The maximum atomic E-state index is 14.5. The topological polar surface area (TPSA) is 445 Å². The second-order valence-corrected chi connectivity index (χ2v) is 28.4. The number of Topliss-reactive ketones (excluding diaryl/α,β-unsaturated/α-hetero) is 1. The zero-order valence-corrected chi connectivity index (χ0v) is 54.1. The SMILES string of the molecule is C=C(C)CCC[C@]1(C)OC(=O)[C@]23CC[C@H]4C(=CC[C@H]5C(C)(C)[C@@H](O[C@@H]6OC[C@@H](OS(=O)(=O)[O-])[C@H](O)[C@H]6O[C@@H]6O[C@H](C)[C@@H](O[C@@H]7O[C@H](CO)[C@@H](O)[C@H](O[C@@H]8O[C@H](CO)[C@@H](O)[C@H](O)[C@H]8O)[C@H]7O)[C@H](O)[C@H]6O[C@@H]6OC[C@@H](O)[C@H](O)[C@H]6O)CC[C@]45C)[C@]2(C)CC(=O)[C@@H]31.[Na+]. The molecule has 6 heterocycles. The van der Waals surface area contributed by atoms with E-state index in [9.17, 15) is 83.8 Å². The molecule has 502 valence electrons. The van der Waals surface area contributed by atoms with E-state index in [2.05, 4.69) is 26.5 Å². The van der Waals surface area contributed by atoms with Crippen molar-refractivity contribution in [2.24, 2.45) is 39.4 Å². The number of aliphatic hydroxyl groups is 12. The summed E-state index contributed by atoms with van der Waals surface area (Å²) in [6, 6.07) is 0. The van der Waals surface area contributed by atoms with Gasteiger partial charge in [-0.1, -0.05) is 44.9 Å². The summed E-state index contributed by atoms with van der Waals surface area (Å²) >= 11 is 0. The van der Waals surface area contributed by atoms with Gasteiger partial charge in [-0.15, -0.1) is 6.58 Å². The van der Waals surface area contributed by atoms with Crippen LogP contribution in [0.15, 0.2) is 23.8 Å². The molecule has 89 heavy (non-hydrogen) atoms. The van der Waals surface area contributed by atoms with Crippen molar-refractivity contribution in [3.63, 3.8) is 0 Å². The van der Waals surface area contributed by atoms with Crippen LogP contribution >= 0.6 is 0 Å². The number of allylic oxidation sites excluding steroid dienone is 3. The Balaban J connectivity index is 0.00000941. The van der Waals surface area contributed by atoms with Gasteiger partial charge < -0.3 is 118 Å². The number of aliphatic hydroxyl groups excluding tert-OH is 12. The maximum Gasteiger partial charge on any atom is 1.00 e. The van der Waals surface area contributed by atoms with E-state index < -0.39 is 217 Å². The number of ketones is 1. The van der Waals surface area contributed by atoms with Gasteiger partial charge in [-0.2, -0.15) is 0 Å². The zero-order chi connectivity index (χ0) is 64.3. The van der Waals surface area contributed by atoms with Gasteiger partial charge in [0.25, 0.3) is 0 Å². The van der Waals surface area contributed by atoms with Crippen LogP contribution in [0.3, 0.4) is 0 Å². The van der Waals surface area contributed by atoms with E-state index in [1.807, 2.05) is 27.7 Å². The Bertz CT molecular complexity index is 2690. The Kier molecular flexibility index (Phi) is 21.7. The van der Waals surface area contributed by atoms with Gasteiger partial charge in [0.1, 0.15) is 115 Å². The fourth-order valence-electron chi connectivity index (χ4n) is 17.0. The largest absolute Gasteiger partial charge is 1.00 e. The van der Waals surface area contributed by atoms with Crippen LogP contribution in [-0.4, -0.2) is 265 Å². The minimum absolute atomic E-state index is 0. The van der Waals surface area contributed by atoms with Gasteiger partial charge in [0, 0.05) is 11.8 Å². The van der Waals surface area contributed by atoms with Crippen LogP contribution in [0.25, 0.3) is 0 Å². The molecule has 9 fully saturated rings. The third-order valence-electron chi connectivity index (χ3n) is 21.6. The summed E-state index contributed by atoms with van der Waals surface area (Å²) in [5.41, 5.74) is -1.80. The fraction of sp³-hybridized carbons (Fsp3) is 0.897. The molecule has 3 saturated carbocycles. The summed E-state index contributed by atoms with van der Waals surface area (Å²) in [5.74, 6) is -1.02. The van der Waals surface area contributed by atoms with Gasteiger partial charge in [-0.05, 0) is 94.8 Å². The number of hydrogen-bond donors (Lipinski definition) is 12. The van der Waals surface area contributed by atoms with Gasteiger partial charge in [0.05, 0.1) is 50.0 Å². The quantitative estimate of drug-likeness (QED) is 0.0200. The molecule has 0 unspecified atom stereocenters. The molecule has 0 aromatic rings. The summed E-state index contributed by atoms with van der Waals surface area (Å²) < 4.78 is 108. The Hall–Kier alpha value is -1.39. The Morgan fingerprint density at radius 2 is 1.28 bits per heavy atom. The molecule has 0 bridgehead atoms. The predicted octanol–water partition coefficient (Wildman–Crippen LogP) is -5.91. The molecule has 31 heteroatoms. The van der Waals surface area contributed by atoms with Crippen molar-refractivity contribution in [3.8, 4) is 0 Å². The number of fused-ring (bicyclic) bond motifs is 4. The average molecular weight is 1310 g/mol. The first-order chi connectivity index (χ1) is 41.2. The third kappa shape index (κ3) is 12.7. The van der Waals surface area contributed by atoms with Crippen LogP contribution in [0, 0.1) is 39.4 Å². The van der Waals surface area contributed by atoms with E-state index in [0.717, 1.165) is 24.0 Å². The summed E-state index contributed by atoms with van der Waals surface area (Å²) in [6.07, 6.45) is -36.4. The molecule has 6 saturated heterocycles. The Morgan fingerprint density at radius 1 is 0.685 bits per heavy atom. The van der Waals surface area contributed by atoms with Crippen LogP contribution in [0.2, 0.25) is 0 Å². The molecule has 4 aliphatic carbocycles. The first kappa shape index (κ1) is 71.9. The normalized spacial score (nSPS) is 50.6. The number of ether oxygens (including phenoxy) is 11. The summed E-state index contributed by atoms with van der Waals surface area (Å²) in [6.45, 7) is 14.4. The molecule has 12 N–H and O–H groups in total. The van der Waals surface area contributed by atoms with Crippen molar-refractivity contribution in [3.05, 3.63) is 23.8 Å². The number of esters is 1. The zero-order valence-electron chi connectivity index (χ0n) is 51.3. The molecule has 1 spiro atoms. The second-order valence-electron chi connectivity index (χ2n) is 27.4. The van der Waals surface area contributed by atoms with E-state index in [4.69, 9.17) is 56.3 Å². The van der Waals surface area contributed by atoms with Gasteiger partial charge in [0.2, 0.25) is 10.4 Å². The van der Waals surface area contributed by atoms with Crippen molar-refractivity contribution >= 4 is 22.2 Å². The van der Waals surface area contributed by atoms with Crippen molar-refractivity contribution in [2.45, 2.75) is 259 Å². The number of carbonyl (C=O) groups is 2. The smallest absolute Gasteiger partial charge is 0.726 e. The van der Waals surface area contributed by atoms with E-state index >= 15 is 0 Å². The molecule has 31 atom stereocenters. The molecule has 29 nitrogen and oxygen atoms in total. The van der Waals surface area contributed by atoms with Crippen molar-refractivity contribution in [1.29, 1.82) is 0 Å². The van der Waals surface area contributed by atoms with Gasteiger partial charge in [-0.3, -0.25) is 13.8 Å². The van der Waals surface area contributed by atoms with Gasteiger partial charge in [-0.25, -0.2) is 8.42 Å². The minimum Gasteiger partial charge on any atom is -0.726 e. The molecule has 0 radical (unpaired) electrons. The first-order valence-electron chi connectivity index (χ1n) is 30.4. The Labute approximate surface area is 538 Å². The van der Waals surface area contributed by atoms with Crippen LogP contribution in [0.5, 0.6) is 0 Å². The minimum atomic E-state index is -5.53. The molecular formula is C58H89NaO29S. The summed E-state index contributed by atoms with van der Waals surface area (Å²) in [5, 5.41) is 131. The van der Waals surface area contributed by atoms with Crippen molar-refractivity contribution in [2.75, 3.05) is 26.4 Å². The molecule has 0 aromatic heterocycles. The summed E-state index contributed by atoms with van der Waals surface area (Å²) in [7, 11) is -5.53. The average Bonchev–Trinajstić information content (AvgIpc) is 1.53. The van der Waals surface area contributed by atoms with Crippen molar-refractivity contribution in [1.82, 2.24) is 0 Å². The Morgan fingerprint density at radius 3 is 1.93 bits per heavy atom. The molecular weight excluding hydrogens is 1220 g/mol. The number of cyclic esters (lactones) is 1. The van der Waals surface area contributed by atoms with Crippen LogP contribution < -0.4 is 29.6 Å². The maximum absolute atomic E-state index is 14.5. The number of hydrogen-bond acceptors (Lipinski definition) is 29.